The summed E-state index contributed by atoms with van der Waals surface area (Å²) in [5.41, 5.74) is 4.71. The molecule has 106 valence electrons. The quantitative estimate of drug-likeness (QED) is 0.584. The van der Waals surface area contributed by atoms with Gasteiger partial charge in [-0.15, -0.1) is 5.54 Å². The highest BCUT2D eigenvalue weighted by Gasteiger charge is 2.18. The fourth-order valence-electron chi connectivity index (χ4n) is 1.83. The van der Waals surface area contributed by atoms with Gasteiger partial charge in [-0.2, -0.15) is 0 Å². The van der Waals surface area contributed by atoms with Crippen LogP contribution in [0.4, 0.5) is 0 Å². The number of morpholine rings is 1. The largest absolute Gasteiger partial charge is 0.378 e. The van der Waals surface area contributed by atoms with Crippen LogP contribution in [0.5, 0.6) is 0 Å². The Bertz CT molecular complexity index is 549. The van der Waals surface area contributed by atoms with Crippen molar-refractivity contribution in [2.24, 2.45) is 0 Å². The smallest absolute Gasteiger partial charge is 0.255 e. The summed E-state index contributed by atoms with van der Waals surface area (Å²) < 4.78 is 5.26. The molecule has 1 aromatic rings. The van der Waals surface area contributed by atoms with Crippen LogP contribution in [-0.4, -0.2) is 50.2 Å². The molecule has 0 aliphatic carbocycles. The number of carbonyl (C=O) groups is 1. The van der Waals surface area contributed by atoms with E-state index in [9.17, 15) is 4.79 Å². The molecule has 1 aromatic heterocycles. The monoisotopic (exact) mass is 288 g/mol. The summed E-state index contributed by atoms with van der Waals surface area (Å²) >= 11 is 0. The van der Waals surface area contributed by atoms with E-state index in [2.05, 4.69) is 36.1 Å². The zero-order valence-electron chi connectivity index (χ0n) is 12.3. The molecule has 0 radical (unpaired) electrons. The summed E-state index contributed by atoms with van der Waals surface area (Å²) in [6.45, 7) is 9.07. The van der Waals surface area contributed by atoms with E-state index in [-0.39, 0.29) is 5.91 Å². The van der Waals surface area contributed by atoms with Crippen LogP contribution in [0, 0.1) is 11.5 Å². The van der Waals surface area contributed by atoms with E-state index in [1.165, 1.54) is 0 Å². The van der Waals surface area contributed by atoms with Crippen molar-refractivity contribution in [1.29, 1.82) is 0 Å². The third-order valence-electron chi connectivity index (χ3n) is 2.87. The SMILES string of the molecule is C[Si](C)(C)C#Cc1cncc(C(=O)N2CCOCC2)c1. The fourth-order valence-corrected chi connectivity index (χ4v) is 2.35. The normalized spacial score (nSPS) is 15.4. The summed E-state index contributed by atoms with van der Waals surface area (Å²) in [4.78, 5) is 18.3. The molecular weight excluding hydrogens is 268 g/mol. The molecule has 0 atom stereocenters. The Morgan fingerprint density at radius 3 is 2.65 bits per heavy atom. The third kappa shape index (κ3) is 4.19. The van der Waals surface area contributed by atoms with E-state index in [1.807, 2.05) is 6.07 Å². The van der Waals surface area contributed by atoms with E-state index in [1.54, 1.807) is 17.3 Å². The summed E-state index contributed by atoms with van der Waals surface area (Å²) in [5, 5.41) is 0. The van der Waals surface area contributed by atoms with Crippen molar-refractivity contribution in [3.63, 3.8) is 0 Å². The Morgan fingerprint density at radius 1 is 1.30 bits per heavy atom. The van der Waals surface area contributed by atoms with E-state index < -0.39 is 8.07 Å². The molecule has 1 amide bonds. The molecule has 2 heterocycles. The number of ether oxygens (including phenoxy) is 1. The van der Waals surface area contributed by atoms with Gasteiger partial charge in [0.25, 0.3) is 5.91 Å². The Labute approximate surface area is 121 Å². The van der Waals surface area contributed by atoms with Gasteiger partial charge in [-0.25, -0.2) is 0 Å². The first-order valence-corrected chi connectivity index (χ1v) is 10.3. The van der Waals surface area contributed by atoms with Crippen LogP contribution in [0.2, 0.25) is 19.6 Å². The Kier molecular flexibility index (Phi) is 4.58. The van der Waals surface area contributed by atoms with Gasteiger partial charge in [0.15, 0.2) is 0 Å². The highest BCUT2D eigenvalue weighted by molar-refractivity contribution is 6.83. The lowest BCUT2D eigenvalue weighted by atomic mass is 10.2. The van der Waals surface area contributed by atoms with Gasteiger partial charge in [-0.1, -0.05) is 25.6 Å². The topological polar surface area (TPSA) is 42.4 Å². The number of hydrogen-bond acceptors (Lipinski definition) is 3. The van der Waals surface area contributed by atoms with Crippen molar-refractivity contribution in [3.05, 3.63) is 29.6 Å². The van der Waals surface area contributed by atoms with E-state index in [4.69, 9.17) is 4.74 Å². The molecule has 4 nitrogen and oxygen atoms in total. The zero-order chi connectivity index (χ0) is 14.6. The molecule has 1 saturated heterocycles. The van der Waals surface area contributed by atoms with E-state index >= 15 is 0 Å². The van der Waals surface area contributed by atoms with Crippen LogP contribution in [0.15, 0.2) is 18.5 Å². The molecular formula is C15H20N2O2Si. The first kappa shape index (κ1) is 14.8. The second-order valence-electron chi connectivity index (χ2n) is 5.87. The molecule has 0 unspecified atom stereocenters. The van der Waals surface area contributed by atoms with Crippen molar-refractivity contribution in [1.82, 2.24) is 9.88 Å². The van der Waals surface area contributed by atoms with Crippen LogP contribution in [0.1, 0.15) is 15.9 Å². The fraction of sp³-hybridized carbons (Fsp3) is 0.467. The van der Waals surface area contributed by atoms with Crippen molar-refractivity contribution >= 4 is 14.0 Å². The molecule has 20 heavy (non-hydrogen) atoms. The van der Waals surface area contributed by atoms with Gasteiger partial charge in [0, 0.05) is 31.0 Å². The molecule has 0 N–H and O–H groups in total. The minimum atomic E-state index is -1.42. The van der Waals surface area contributed by atoms with Crippen molar-refractivity contribution in [2.45, 2.75) is 19.6 Å². The number of pyridine rings is 1. The predicted octanol–water partition coefficient (Wildman–Crippen LogP) is 1.78. The maximum atomic E-state index is 12.3. The maximum Gasteiger partial charge on any atom is 0.255 e. The van der Waals surface area contributed by atoms with Gasteiger partial charge in [0.05, 0.1) is 18.8 Å². The zero-order valence-corrected chi connectivity index (χ0v) is 13.3. The molecule has 2 rings (SSSR count). The van der Waals surface area contributed by atoms with Gasteiger partial charge in [-0.3, -0.25) is 9.78 Å². The van der Waals surface area contributed by atoms with Gasteiger partial charge < -0.3 is 9.64 Å². The average Bonchev–Trinajstić information content (AvgIpc) is 2.45. The summed E-state index contributed by atoms with van der Waals surface area (Å²) in [7, 11) is -1.42. The Morgan fingerprint density at radius 2 is 2.00 bits per heavy atom. The van der Waals surface area contributed by atoms with Crippen LogP contribution in [-0.2, 0) is 4.74 Å². The molecule has 1 aliphatic rings. The standard InChI is InChI=1S/C15H20N2O2Si/c1-20(2,3)9-4-13-10-14(12-16-11-13)15(18)17-5-7-19-8-6-17/h10-12H,5-8H2,1-3H3. The molecule has 0 spiro atoms. The predicted molar refractivity (Wildman–Crippen MR) is 81.2 cm³/mol. The van der Waals surface area contributed by atoms with Crippen molar-refractivity contribution < 1.29 is 9.53 Å². The van der Waals surface area contributed by atoms with Gasteiger partial charge in [0.1, 0.15) is 8.07 Å². The first-order valence-electron chi connectivity index (χ1n) is 6.81. The van der Waals surface area contributed by atoms with Crippen molar-refractivity contribution in [2.75, 3.05) is 26.3 Å². The van der Waals surface area contributed by atoms with E-state index in [0.717, 1.165) is 5.56 Å². The third-order valence-corrected chi connectivity index (χ3v) is 3.74. The number of rotatable bonds is 1. The molecule has 0 saturated carbocycles. The number of amides is 1. The van der Waals surface area contributed by atoms with Crippen LogP contribution >= 0.6 is 0 Å². The second kappa shape index (κ2) is 6.20. The van der Waals surface area contributed by atoms with E-state index in [0.29, 0.717) is 31.9 Å². The molecule has 1 aliphatic heterocycles. The summed E-state index contributed by atoms with van der Waals surface area (Å²) in [5.74, 6) is 3.15. The Hall–Kier alpha value is -1.64. The highest BCUT2D eigenvalue weighted by atomic mass is 28.3. The maximum absolute atomic E-state index is 12.3. The summed E-state index contributed by atoms with van der Waals surface area (Å²) in [6, 6.07) is 1.83. The number of aromatic nitrogens is 1. The van der Waals surface area contributed by atoms with Gasteiger partial charge >= 0.3 is 0 Å². The minimum absolute atomic E-state index is 0.0115. The van der Waals surface area contributed by atoms with Crippen LogP contribution in [0.3, 0.4) is 0 Å². The second-order valence-corrected chi connectivity index (χ2v) is 10.6. The lowest BCUT2D eigenvalue weighted by Crippen LogP contribution is -2.40. The number of nitrogens with zero attached hydrogens (tertiary/aromatic N) is 2. The molecule has 0 bridgehead atoms. The first-order chi connectivity index (χ1) is 9.46. The minimum Gasteiger partial charge on any atom is -0.378 e. The number of hydrogen-bond donors (Lipinski definition) is 0. The van der Waals surface area contributed by atoms with Gasteiger partial charge in [0.2, 0.25) is 0 Å². The average molecular weight is 288 g/mol. The lowest BCUT2D eigenvalue weighted by Gasteiger charge is -2.26. The molecule has 1 fully saturated rings. The number of carbonyl (C=O) groups excluding carboxylic acids is 1. The van der Waals surface area contributed by atoms with Crippen LogP contribution in [0.25, 0.3) is 0 Å². The van der Waals surface area contributed by atoms with Crippen LogP contribution < -0.4 is 0 Å². The Balaban J connectivity index is 2.16. The highest BCUT2D eigenvalue weighted by Crippen LogP contribution is 2.08. The molecule has 5 heteroatoms. The lowest BCUT2D eigenvalue weighted by molar-refractivity contribution is 0.0302. The molecule has 0 aromatic carbocycles. The van der Waals surface area contributed by atoms with Gasteiger partial charge in [-0.05, 0) is 6.07 Å². The van der Waals surface area contributed by atoms with Crippen molar-refractivity contribution in [3.8, 4) is 11.5 Å². The summed E-state index contributed by atoms with van der Waals surface area (Å²) in [6.07, 6.45) is 3.32.